The van der Waals surface area contributed by atoms with E-state index in [1.807, 2.05) is 13.0 Å². The van der Waals surface area contributed by atoms with Crippen LogP contribution in [0, 0.1) is 12.3 Å². The summed E-state index contributed by atoms with van der Waals surface area (Å²) in [4.78, 5) is 23.7. The van der Waals surface area contributed by atoms with Crippen LogP contribution in [-0.4, -0.2) is 23.0 Å². The number of nitrogens with one attached hydrogen (secondary N) is 1. The van der Waals surface area contributed by atoms with Crippen molar-refractivity contribution < 1.29 is 14.7 Å². The van der Waals surface area contributed by atoms with Gasteiger partial charge in [0.15, 0.2) is 0 Å². The zero-order valence-corrected chi connectivity index (χ0v) is 11.8. The Labute approximate surface area is 118 Å². The number of carbonyl (C=O) groups excluding carboxylic acids is 1. The minimum atomic E-state index is -0.895. The van der Waals surface area contributed by atoms with E-state index in [2.05, 4.69) is 5.32 Å². The topological polar surface area (TPSA) is 92.4 Å². The van der Waals surface area contributed by atoms with E-state index in [0.717, 1.165) is 12.0 Å². The molecule has 0 heterocycles. The highest BCUT2D eigenvalue weighted by Crippen LogP contribution is 2.38. The molecule has 0 saturated heterocycles. The van der Waals surface area contributed by atoms with Crippen LogP contribution < -0.4 is 11.1 Å². The number of aryl methyl sites for hydroxylation is 1. The molecule has 1 saturated carbocycles. The fourth-order valence-electron chi connectivity index (χ4n) is 2.76. The number of benzene rings is 1. The average Bonchev–Trinajstić information content (AvgIpc) is 2.75. The van der Waals surface area contributed by atoms with Crippen LogP contribution in [0.25, 0.3) is 0 Å². The standard InChI is InChI=1S/C15H20N2O3/c1-9-5-6-11(16)10(8-9)13(18)17-12-4-3-7-15(12,2)14(19)20/h5-6,8,12H,3-4,7,16H2,1-2H3,(H,17,18)(H,19,20). The van der Waals surface area contributed by atoms with Gasteiger partial charge in [-0.05, 0) is 38.8 Å². The number of carboxylic acids is 1. The SMILES string of the molecule is Cc1ccc(N)c(C(=O)NC2CCCC2(C)C(=O)O)c1. The first-order valence-electron chi connectivity index (χ1n) is 6.75. The van der Waals surface area contributed by atoms with Crippen molar-refractivity contribution in [3.63, 3.8) is 0 Å². The number of anilines is 1. The minimum Gasteiger partial charge on any atom is -0.481 e. The van der Waals surface area contributed by atoms with E-state index < -0.39 is 11.4 Å². The van der Waals surface area contributed by atoms with Crippen molar-refractivity contribution in [2.24, 2.45) is 5.41 Å². The molecule has 1 amide bonds. The van der Waals surface area contributed by atoms with Gasteiger partial charge >= 0.3 is 5.97 Å². The lowest BCUT2D eigenvalue weighted by Gasteiger charge is -2.27. The fourth-order valence-corrected chi connectivity index (χ4v) is 2.76. The Morgan fingerprint density at radius 3 is 2.80 bits per heavy atom. The van der Waals surface area contributed by atoms with Gasteiger partial charge in [0, 0.05) is 11.7 Å². The second-order valence-corrected chi connectivity index (χ2v) is 5.73. The molecule has 20 heavy (non-hydrogen) atoms. The van der Waals surface area contributed by atoms with Gasteiger partial charge in [-0.25, -0.2) is 0 Å². The lowest BCUT2D eigenvalue weighted by Crippen LogP contribution is -2.47. The molecule has 4 N–H and O–H groups in total. The van der Waals surface area contributed by atoms with Gasteiger partial charge in [-0.15, -0.1) is 0 Å². The third kappa shape index (κ3) is 2.48. The number of amides is 1. The Balaban J connectivity index is 2.19. The van der Waals surface area contributed by atoms with Gasteiger partial charge in [0.2, 0.25) is 0 Å². The van der Waals surface area contributed by atoms with Crippen LogP contribution in [0.2, 0.25) is 0 Å². The van der Waals surface area contributed by atoms with Gasteiger partial charge in [-0.3, -0.25) is 9.59 Å². The van der Waals surface area contributed by atoms with Crippen LogP contribution in [0.3, 0.4) is 0 Å². The first-order valence-corrected chi connectivity index (χ1v) is 6.75. The monoisotopic (exact) mass is 276 g/mol. The summed E-state index contributed by atoms with van der Waals surface area (Å²) in [7, 11) is 0. The van der Waals surface area contributed by atoms with Crippen molar-refractivity contribution in [2.45, 2.75) is 39.2 Å². The van der Waals surface area contributed by atoms with Crippen molar-refractivity contribution in [1.29, 1.82) is 0 Å². The molecule has 2 unspecified atom stereocenters. The summed E-state index contributed by atoms with van der Waals surface area (Å²) in [5.41, 5.74) is 6.67. The van der Waals surface area contributed by atoms with Crippen LogP contribution in [0.5, 0.6) is 0 Å². The quantitative estimate of drug-likeness (QED) is 0.736. The Bertz CT molecular complexity index is 556. The Morgan fingerprint density at radius 2 is 2.15 bits per heavy atom. The number of nitrogen functional groups attached to an aromatic ring is 1. The predicted molar refractivity (Wildman–Crippen MR) is 76.4 cm³/mol. The molecule has 1 fully saturated rings. The summed E-state index contributed by atoms with van der Waals surface area (Å²) in [5.74, 6) is -1.16. The molecule has 0 bridgehead atoms. The van der Waals surface area contributed by atoms with Crippen molar-refractivity contribution in [3.05, 3.63) is 29.3 Å². The number of hydrogen-bond acceptors (Lipinski definition) is 3. The van der Waals surface area contributed by atoms with Gasteiger partial charge in [0.05, 0.1) is 11.0 Å². The summed E-state index contributed by atoms with van der Waals surface area (Å²) in [6, 6.07) is 4.89. The second-order valence-electron chi connectivity index (χ2n) is 5.73. The number of carboxylic acid groups (broad SMARTS) is 1. The number of nitrogens with two attached hydrogens (primary N) is 1. The first kappa shape index (κ1) is 14.4. The Hall–Kier alpha value is -2.04. The maximum atomic E-state index is 12.3. The van der Waals surface area contributed by atoms with Crippen molar-refractivity contribution in [1.82, 2.24) is 5.32 Å². The van der Waals surface area contributed by atoms with E-state index in [0.29, 0.717) is 24.1 Å². The molecule has 0 radical (unpaired) electrons. The van der Waals surface area contributed by atoms with Crippen LogP contribution >= 0.6 is 0 Å². The highest BCUT2D eigenvalue weighted by molar-refractivity contribution is 5.99. The molecule has 5 nitrogen and oxygen atoms in total. The second kappa shape index (κ2) is 5.15. The van der Waals surface area contributed by atoms with Gasteiger partial charge in [-0.2, -0.15) is 0 Å². The maximum absolute atomic E-state index is 12.3. The normalized spacial score (nSPS) is 25.4. The van der Waals surface area contributed by atoms with Crippen LogP contribution in [0.4, 0.5) is 5.69 Å². The minimum absolute atomic E-state index is 0.300. The maximum Gasteiger partial charge on any atom is 0.311 e. The highest BCUT2D eigenvalue weighted by Gasteiger charge is 2.46. The zero-order valence-electron chi connectivity index (χ0n) is 11.8. The van der Waals surface area contributed by atoms with Crippen LogP contribution in [-0.2, 0) is 4.79 Å². The molecule has 1 aliphatic rings. The summed E-state index contributed by atoms with van der Waals surface area (Å²) >= 11 is 0. The van der Waals surface area contributed by atoms with Gasteiger partial charge < -0.3 is 16.2 Å². The smallest absolute Gasteiger partial charge is 0.311 e. The summed E-state index contributed by atoms with van der Waals surface area (Å²) in [6.07, 6.45) is 2.06. The van der Waals surface area contributed by atoms with Crippen molar-refractivity contribution in [2.75, 3.05) is 5.73 Å². The van der Waals surface area contributed by atoms with E-state index in [4.69, 9.17) is 5.73 Å². The van der Waals surface area contributed by atoms with Gasteiger partial charge in [0.25, 0.3) is 5.91 Å². The van der Waals surface area contributed by atoms with Gasteiger partial charge in [-0.1, -0.05) is 18.1 Å². The van der Waals surface area contributed by atoms with E-state index in [9.17, 15) is 14.7 Å². The van der Waals surface area contributed by atoms with Crippen molar-refractivity contribution in [3.8, 4) is 0 Å². The number of hydrogen-bond donors (Lipinski definition) is 3. The first-order chi connectivity index (χ1) is 9.34. The summed E-state index contributed by atoms with van der Waals surface area (Å²) in [6.45, 7) is 3.57. The molecule has 108 valence electrons. The molecular weight excluding hydrogens is 256 g/mol. The average molecular weight is 276 g/mol. The third-order valence-corrected chi connectivity index (χ3v) is 4.21. The van der Waals surface area contributed by atoms with Crippen molar-refractivity contribution >= 4 is 17.6 Å². The molecule has 1 aromatic rings. The van der Waals surface area contributed by atoms with Crippen LogP contribution in [0.1, 0.15) is 42.1 Å². The molecule has 2 rings (SSSR count). The molecule has 1 aliphatic carbocycles. The Kier molecular flexibility index (Phi) is 3.70. The molecule has 1 aromatic carbocycles. The third-order valence-electron chi connectivity index (χ3n) is 4.21. The van der Waals surface area contributed by atoms with E-state index in [-0.39, 0.29) is 11.9 Å². The Morgan fingerprint density at radius 1 is 1.45 bits per heavy atom. The van der Waals surface area contributed by atoms with E-state index in [1.54, 1.807) is 19.1 Å². The van der Waals surface area contributed by atoms with E-state index >= 15 is 0 Å². The summed E-state index contributed by atoms with van der Waals surface area (Å²) in [5, 5.41) is 12.2. The fraction of sp³-hybridized carbons (Fsp3) is 0.467. The molecule has 5 heteroatoms. The highest BCUT2D eigenvalue weighted by atomic mass is 16.4. The lowest BCUT2D eigenvalue weighted by atomic mass is 9.84. The largest absolute Gasteiger partial charge is 0.481 e. The van der Waals surface area contributed by atoms with Gasteiger partial charge in [0.1, 0.15) is 0 Å². The predicted octanol–water partition coefficient (Wildman–Crippen LogP) is 1.95. The molecular formula is C15H20N2O3. The molecule has 2 atom stereocenters. The number of aliphatic carboxylic acids is 1. The molecule has 0 aliphatic heterocycles. The summed E-state index contributed by atoms with van der Waals surface area (Å²) < 4.78 is 0. The molecule has 0 spiro atoms. The number of rotatable bonds is 3. The zero-order chi connectivity index (χ0) is 14.9. The lowest BCUT2D eigenvalue weighted by molar-refractivity contribution is -0.148. The van der Waals surface area contributed by atoms with Crippen LogP contribution in [0.15, 0.2) is 18.2 Å². The number of carbonyl (C=O) groups is 2. The molecule has 0 aromatic heterocycles. The van der Waals surface area contributed by atoms with E-state index in [1.165, 1.54) is 0 Å².